The molecule has 1 aliphatic heterocycles. The lowest BCUT2D eigenvalue weighted by atomic mass is 9.92. The molecule has 0 unspecified atom stereocenters. The van der Waals surface area contributed by atoms with Crippen molar-refractivity contribution in [2.75, 3.05) is 25.0 Å². The number of rotatable bonds is 4. The van der Waals surface area contributed by atoms with Crippen LogP contribution in [0, 0.1) is 11.8 Å². The van der Waals surface area contributed by atoms with E-state index >= 15 is 0 Å². The molecule has 114 valence electrons. The van der Waals surface area contributed by atoms with Gasteiger partial charge < -0.3 is 16.0 Å². The minimum Gasteiger partial charge on any atom is -0.366 e. The molecule has 2 amide bonds. The van der Waals surface area contributed by atoms with E-state index in [1.54, 1.807) is 24.3 Å². The van der Waals surface area contributed by atoms with E-state index in [0.29, 0.717) is 29.6 Å². The van der Waals surface area contributed by atoms with Gasteiger partial charge in [-0.3, -0.25) is 9.59 Å². The van der Waals surface area contributed by atoms with Crippen molar-refractivity contribution in [2.45, 2.75) is 20.3 Å². The van der Waals surface area contributed by atoms with Gasteiger partial charge in [0.1, 0.15) is 0 Å². The average Bonchev–Trinajstić information content (AvgIpc) is 2.37. The third kappa shape index (κ3) is 4.56. The smallest absolute Gasteiger partial charge is 0.279 e. The van der Waals surface area contributed by atoms with E-state index < -0.39 is 5.91 Å². The zero-order valence-corrected chi connectivity index (χ0v) is 12.7. The minimum atomic E-state index is -0.464. The van der Waals surface area contributed by atoms with Crippen molar-refractivity contribution >= 4 is 17.5 Å². The summed E-state index contributed by atoms with van der Waals surface area (Å²) in [6.07, 6.45) is 1.25. The highest BCUT2D eigenvalue weighted by Crippen LogP contribution is 2.12. The van der Waals surface area contributed by atoms with Crippen molar-refractivity contribution in [3.05, 3.63) is 29.8 Å². The van der Waals surface area contributed by atoms with Gasteiger partial charge in [0, 0.05) is 23.1 Å². The predicted octanol–water partition coefficient (Wildman–Crippen LogP) is 0.285. The standard InChI is InChI=1S/C16H23N3O2/c1-11-7-12(2)9-19(8-11)10-15(20)18-14-5-3-13(4-6-14)16(17)21/h3-6,11-12H,7-10H2,1-2H3,(H2,17,21)(H,18,20)/p+1/t11-,12-/m0/s1. The minimum absolute atomic E-state index is 0.0122. The first-order valence-corrected chi connectivity index (χ1v) is 7.47. The van der Waals surface area contributed by atoms with Crippen LogP contribution in [0.25, 0.3) is 0 Å². The number of primary amides is 1. The summed E-state index contributed by atoms with van der Waals surface area (Å²) in [4.78, 5) is 24.4. The summed E-state index contributed by atoms with van der Waals surface area (Å²) >= 11 is 0. The molecule has 1 saturated heterocycles. The molecule has 1 heterocycles. The van der Waals surface area contributed by atoms with E-state index in [-0.39, 0.29) is 5.91 Å². The lowest BCUT2D eigenvalue weighted by Gasteiger charge is -2.31. The number of benzene rings is 1. The summed E-state index contributed by atoms with van der Waals surface area (Å²) < 4.78 is 0. The summed E-state index contributed by atoms with van der Waals surface area (Å²) in [6, 6.07) is 6.65. The van der Waals surface area contributed by atoms with Crippen molar-refractivity contribution in [3.63, 3.8) is 0 Å². The summed E-state index contributed by atoms with van der Waals surface area (Å²) in [7, 11) is 0. The zero-order chi connectivity index (χ0) is 15.4. The number of hydrogen-bond acceptors (Lipinski definition) is 2. The largest absolute Gasteiger partial charge is 0.366 e. The molecule has 1 aromatic rings. The van der Waals surface area contributed by atoms with Gasteiger partial charge in [0.05, 0.1) is 13.1 Å². The van der Waals surface area contributed by atoms with Crippen molar-refractivity contribution in [1.29, 1.82) is 0 Å². The van der Waals surface area contributed by atoms with E-state index in [4.69, 9.17) is 5.73 Å². The van der Waals surface area contributed by atoms with Gasteiger partial charge in [-0.1, -0.05) is 13.8 Å². The number of quaternary nitrogens is 1. The molecule has 1 aliphatic rings. The number of anilines is 1. The Morgan fingerprint density at radius 2 is 1.76 bits per heavy atom. The quantitative estimate of drug-likeness (QED) is 0.745. The Bertz CT molecular complexity index is 503. The number of nitrogens with two attached hydrogens (primary N) is 1. The molecule has 5 nitrogen and oxygen atoms in total. The number of amides is 2. The fourth-order valence-corrected chi connectivity index (χ4v) is 3.22. The van der Waals surface area contributed by atoms with E-state index in [9.17, 15) is 9.59 Å². The van der Waals surface area contributed by atoms with Crippen molar-refractivity contribution in [3.8, 4) is 0 Å². The highest BCUT2D eigenvalue weighted by atomic mass is 16.2. The summed E-state index contributed by atoms with van der Waals surface area (Å²) in [5.41, 5.74) is 6.32. The van der Waals surface area contributed by atoms with Crippen LogP contribution in [0.15, 0.2) is 24.3 Å². The maximum absolute atomic E-state index is 12.1. The molecule has 0 saturated carbocycles. The molecule has 0 bridgehead atoms. The number of piperidine rings is 1. The lowest BCUT2D eigenvalue weighted by molar-refractivity contribution is -0.904. The molecule has 2 atom stereocenters. The maximum atomic E-state index is 12.1. The van der Waals surface area contributed by atoms with Gasteiger partial charge in [-0.15, -0.1) is 0 Å². The molecule has 0 aliphatic carbocycles. The molecule has 0 spiro atoms. The predicted molar refractivity (Wildman–Crippen MR) is 82.1 cm³/mol. The van der Waals surface area contributed by atoms with Crippen LogP contribution >= 0.6 is 0 Å². The van der Waals surface area contributed by atoms with Crippen LogP contribution in [0.3, 0.4) is 0 Å². The molecule has 1 fully saturated rings. The van der Waals surface area contributed by atoms with Crippen LogP contribution in [0.2, 0.25) is 0 Å². The van der Waals surface area contributed by atoms with E-state index in [1.165, 1.54) is 11.3 Å². The number of nitrogens with one attached hydrogen (secondary N) is 2. The third-order valence-electron chi connectivity index (χ3n) is 3.94. The van der Waals surface area contributed by atoms with Crippen LogP contribution in [-0.2, 0) is 4.79 Å². The van der Waals surface area contributed by atoms with Gasteiger partial charge in [0.2, 0.25) is 5.91 Å². The second-order valence-electron chi connectivity index (χ2n) is 6.27. The van der Waals surface area contributed by atoms with Crippen molar-refractivity contribution in [1.82, 2.24) is 0 Å². The molecule has 1 aromatic carbocycles. The number of hydrogen-bond donors (Lipinski definition) is 3. The number of likely N-dealkylation sites (tertiary alicyclic amines) is 1. The van der Waals surface area contributed by atoms with Gasteiger partial charge in [-0.05, 0) is 30.7 Å². The van der Waals surface area contributed by atoms with Gasteiger partial charge in [-0.2, -0.15) is 0 Å². The van der Waals surface area contributed by atoms with Gasteiger partial charge in [0.15, 0.2) is 6.54 Å². The van der Waals surface area contributed by atoms with Gasteiger partial charge in [-0.25, -0.2) is 0 Å². The summed E-state index contributed by atoms with van der Waals surface area (Å²) in [5.74, 6) is 0.893. The molecule has 0 aromatic heterocycles. The number of carbonyl (C=O) groups excluding carboxylic acids is 2. The normalized spacial score (nSPS) is 25.3. The van der Waals surface area contributed by atoms with Crippen LogP contribution in [-0.4, -0.2) is 31.4 Å². The van der Waals surface area contributed by atoms with Gasteiger partial charge >= 0.3 is 0 Å². The van der Waals surface area contributed by atoms with Crippen LogP contribution in [0.1, 0.15) is 30.6 Å². The van der Waals surface area contributed by atoms with Gasteiger partial charge in [0.25, 0.3) is 5.91 Å². The Labute approximate surface area is 125 Å². The first kappa shape index (κ1) is 15.5. The molecular formula is C16H24N3O2+. The highest BCUT2D eigenvalue weighted by Gasteiger charge is 2.26. The van der Waals surface area contributed by atoms with Crippen LogP contribution in [0.5, 0.6) is 0 Å². The Morgan fingerprint density at radius 1 is 1.19 bits per heavy atom. The van der Waals surface area contributed by atoms with Crippen LogP contribution < -0.4 is 16.0 Å². The van der Waals surface area contributed by atoms with Crippen molar-refractivity contribution in [2.24, 2.45) is 17.6 Å². The van der Waals surface area contributed by atoms with Crippen LogP contribution in [0.4, 0.5) is 5.69 Å². The SMILES string of the molecule is C[C@H]1C[C@H](C)C[NH+](CC(=O)Nc2ccc(C(N)=O)cc2)C1. The third-order valence-corrected chi connectivity index (χ3v) is 3.94. The van der Waals surface area contributed by atoms with Crippen molar-refractivity contribution < 1.29 is 14.5 Å². The first-order chi connectivity index (χ1) is 9.94. The molecule has 5 heteroatoms. The first-order valence-electron chi connectivity index (χ1n) is 7.47. The fraction of sp³-hybridized carbons (Fsp3) is 0.500. The Kier molecular flexibility index (Phi) is 4.96. The second-order valence-corrected chi connectivity index (χ2v) is 6.27. The van der Waals surface area contributed by atoms with E-state index in [1.807, 2.05) is 0 Å². The average molecular weight is 290 g/mol. The Hall–Kier alpha value is -1.88. The number of carbonyl (C=O) groups is 2. The maximum Gasteiger partial charge on any atom is 0.279 e. The molecule has 4 N–H and O–H groups in total. The highest BCUT2D eigenvalue weighted by molar-refractivity contribution is 5.95. The molecule has 0 radical (unpaired) electrons. The summed E-state index contributed by atoms with van der Waals surface area (Å²) in [6.45, 7) is 7.09. The molecule has 21 heavy (non-hydrogen) atoms. The molecular weight excluding hydrogens is 266 g/mol. The zero-order valence-electron chi connectivity index (χ0n) is 12.7. The monoisotopic (exact) mass is 290 g/mol. The topological polar surface area (TPSA) is 76.6 Å². The van der Waals surface area contributed by atoms with E-state index in [2.05, 4.69) is 19.2 Å². The fourth-order valence-electron chi connectivity index (χ4n) is 3.22. The Morgan fingerprint density at radius 3 is 2.29 bits per heavy atom. The van der Waals surface area contributed by atoms with E-state index in [0.717, 1.165) is 13.1 Å². The summed E-state index contributed by atoms with van der Waals surface area (Å²) in [5, 5.41) is 2.87. The Balaban J connectivity index is 1.88. The molecule has 2 rings (SSSR count). The lowest BCUT2D eigenvalue weighted by Crippen LogP contribution is -3.15. The second kappa shape index (κ2) is 6.72.